The average Bonchev–Trinajstić information content (AvgIpc) is 2.47. The van der Waals surface area contributed by atoms with E-state index in [2.05, 4.69) is 17.2 Å². The van der Waals surface area contributed by atoms with Crippen LogP contribution in [-0.2, 0) is 6.42 Å². The Bertz CT molecular complexity index is 653. The zero-order valence-corrected chi connectivity index (χ0v) is 13.2. The Labute approximate surface area is 130 Å². The molecule has 3 nitrogen and oxygen atoms in total. The second kappa shape index (κ2) is 6.72. The molecule has 0 saturated carbocycles. The van der Waals surface area contributed by atoms with Crippen LogP contribution in [0.3, 0.4) is 0 Å². The number of hydrogen-bond acceptors (Lipinski definition) is 2. The van der Waals surface area contributed by atoms with Crippen LogP contribution in [0.2, 0.25) is 5.15 Å². The Morgan fingerprint density at radius 3 is 2.67 bits per heavy atom. The van der Waals surface area contributed by atoms with Crippen LogP contribution in [0, 0.1) is 0 Å². The number of rotatable bonds is 4. The van der Waals surface area contributed by atoms with Gasteiger partial charge in [-0.05, 0) is 36.1 Å². The van der Waals surface area contributed by atoms with Gasteiger partial charge in [-0.3, -0.25) is 4.79 Å². The van der Waals surface area contributed by atoms with E-state index in [1.165, 1.54) is 0 Å². The van der Waals surface area contributed by atoms with E-state index in [4.69, 9.17) is 11.6 Å². The summed E-state index contributed by atoms with van der Waals surface area (Å²) in [4.78, 5) is 16.7. The fourth-order valence-corrected chi connectivity index (χ4v) is 2.30. The van der Waals surface area contributed by atoms with Crippen LogP contribution in [0.1, 0.15) is 48.3 Å². The monoisotopic (exact) mass is 302 g/mol. The number of carbonyl (C=O) groups is 1. The quantitative estimate of drug-likeness (QED) is 0.834. The summed E-state index contributed by atoms with van der Waals surface area (Å²) >= 11 is 6.01. The molecule has 2 rings (SSSR count). The number of hydrogen-bond donors (Lipinski definition) is 1. The lowest BCUT2D eigenvalue weighted by molar-refractivity contribution is 0.102. The average molecular weight is 303 g/mol. The number of aromatic nitrogens is 1. The summed E-state index contributed by atoms with van der Waals surface area (Å²) in [6.07, 6.45) is 0.866. The summed E-state index contributed by atoms with van der Waals surface area (Å²) in [5.41, 5.74) is 3.29. The van der Waals surface area contributed by atoms with E-state index in [0.717, 1.165) is 23.4 Å². The molecular formula is C17H19ClN2O. The summed E-state index contributed by atoms with van der Waals surface area (Å²) in [5.74, 6) is 0.0558. The minimum absolute atomic E-state index is 0.165. The SMILES string of the molecule is CCc1ccccc1NC(=O)c1cc(Cl)nc(C(C)C)c1. The minimum atomic E-state index is -0.165. The highest BCUT2D eigenvalue weighted by atomic mass is 35.5. The minimum Gasteiger partial charge on any atom is -0.322 e. The van der Waals surface area contributed by atoms with Crippen molar-refractivity contribution in [2.24, 2.45) is 0 Å². The van der Waals surface area contributed by atoms with Crippen LogP contribution in [0.15, 0.2) is 36.4 Å². The van der Waals surface area contributed by atoms with Crippen molar-refractivity contribution in [1.82, 2.24) is 4.98 Å². The number of para-hydroxylation sites is 1. The van der Waals surface area contributed by atoms with Crippen LogP contribution in [0.4, 0.5) is 5.69 Å². The van der Waals surface area contributed by atoms with Crippen molar-refractivity contribution in [2.45, 2.75) is 33.1 Å². The molecule has 1 N–H and O–H groups in total. The first-order chi connectivity index (χ1) is 10.0. The maximum absolute atomic E-state index is 12.4. The van der Waals surface area contributed by atoms with Gasteiger partial charge in [-0.2, -0.15) is 0 Å². The molecule has 0 aliphatic heterocycles. The summed E-state index contributed by atoms with van der Waals surface area (Å²) in [6.45, 7) is 6.10. The van der Waals surface area contributed by atoms with Crippen molar-refractivity contribution < 1.29 is 4.79 Å². The van der Waals surface area contributed by atoms with Crippen molar-refractivity contribution >= 4 is 23.2 Å². The third kappa shape index (κ3) is 3.82. The van der Waals surface area contributed by atoms with Crippen molar-refractivity contribution in [3.05, 3.63) is 58.4 Å². The van der Waals surface area contributed by atoms with Crippen molar-refractivity contribution in [1.29, 1.82) is 0 Å². The molecule has 1 aromatic heterocycles. The number of aryl methyl sites for hydroxylation is 1. The van der Waals surface area contributed by atoms with E-state index >= 15 is 0 Å². The number of pyridine rings is 1. The Morgan fingerprint density at radius 1 is 1.29 bits per heavy atom. The first-order valence-electron chi connectivity index (χ1n) is 7.08. The third-order valence-corrected chi connectivity index (χ3v) is 3.51. The summed E-state index contributed by atoms with van der Waals surface area (Å²) < 4.78 is 0. The second-order valence-electron chi connectivity index (χ2n) is 5.22. The molecule has 0 spiro atoms. The zero-order chi connectivity index (χ0) is 15.4. The fraction of sp³-hybridized carbons (Fsp3) is 0.294. The van der Waals surface area contributed by atoms with E-state index < -0.39 is 0 Å². The molecule has 110 valence electrons. The fourth-order valence-electron chi connectivity index (χ4n) is 2.09. The number of anilines is 1. The van der Waals surface area contributed by atoms with Crippen LogP contribution < -0.4 is 5.32 Å². The zero-order valence-electron chi connectivity index (χ0n) is 12.5. The van der Waals surface area contributed by atoms with Crippen molar-refractivity contribution in [2.75, 3.05) is 5.32 Å². The molecule has 1 amide bonds. The molecule has 1 aromatic carbocycles. The molecular weight excluding hydrogens is 284 g/mol. The van der Waals surface area contributed by atoms with E-state index in [9.17, 15) is 4.79 Å². The Hall–Kier alpha value is -1.87. The normalized spacial score (nSPS) is 10.7. The first kappa shape index (κ1) is 15.5. The van der Waals surface area contributed by atoms with E-state index in [1.807, 2.05) is 38.1 Å². The van der Waals surface area contributed by atoms with E-state index in [0.29, 0.717) is 10.7 Å². The molecule has 0 atom stereocenters. The van der Waals surface area contributed by atoms with Gasteiger partial charge in [0.1, 0.15) is 5.15 Å². The van der Waals surface area contributed by atoms with Gasteiger partial charge in [-0.1, -0.05) is 50.6 Å². The summed E-state index contributed by atoms with van der Waals surface area (Å²) in [7, 11) is 0. The predicted molar refractivity (Wildman–Crippen MR) is 87.1 cm³/mol. The maximum Gasteiger partial charge on any atom is 0.255 e. The smallest absolute Gasteiger partial charge is 0.255 e. The lowest BCUT2D eigenvalue weighted by Crippen LogP contribution is -2.14. The van der Waals surface area contributed by atoms with Gasteiger partial charge in [0.05, 0.1) is 0 Å². The molecule has 21 heavy (non-hydrogen) atoms. The van der Waals surface area contributed by atoms with Crippen LogP contribution in [-0.4, -0.2) is 10.9 Å². The third-order valence-electron chi connectivity index (χ3n) is 3.31. The molecule has 0 fully saturated rings. The lowest BCUT2D eigenvalue weighted by atomic mass is 10.1. The summed E-state index contributed by atoms with van der Waals surface area (Å²) in [6, 6.07) is 11.2. The Kier molecular flexibility index (Phi) is 4.97. The van der Waals surface area contributed by atoms with Gasteiger partial charge in [-0.15, -0.1) is 0 Å². The van der Waals surface area contributed by atoms with Gasteiger partial charge in [0.15, 0.2) is 0 Å². The van der Waals surface area contributed by atoms with Gasteiger partial charge >= 0.3 is 0 Å². The van der Waals surface area contributed by atoms with Gasteiger partial charge in [-0.25, -0.2) is 4.98 Å². The molecule has 0 aliphatic rings. The number of benzene rings is 1. The molecule has 0 aliphatic carbocycles. The molecule has 2 aromatic rings. The molecule has 0 radical (unpaired) electrons. The highest BCUT2D eigenvalue weighted by Crippen LogP contribution is 2.20. The van der Waals surface area contributed by atoms with Crippen LogP contribution in [0.25, 0.3) is 0 Å². The molecule has 0 bridgehead atoms. The lowest BCUT2D eigenvalue weighted by Gasteiger charge is -2.11. The summed E-state index contributed by atoms with van der Waals surface area (Å²) in [5, 5.41) is 3.29. The largest absolute Gasteiger partial charge is 0.322 e. The predicted octanol–water partition coefficient (Wildman–Crippen LogP) is 4.67. The molecule has 0 unspecified atom stereocenters. The first-order valence-corrected chi connectivity index (χ1v) is 7.45. The van der Waals surface area contributed by atoms with Gasteiger partial charge in [0, 0.05) is 16.9 Å². The highest BCUT2D eigenvalue weighted by molar-refractivity contribution is 6.29. The second-order valence-corrected chi connectivity index (χ2v) is 5.61. The van der Waals surface area contributed by atoms with Gasteiger partial charge in [0.25, 0.3) is 5.91 Å². The van der Waals surface area contributed by atoms with Gasteiger partial charge < -0.3 is 5.32 Å². The van der Waals surface area contributed by atoms with Crippen molar-refractivity contribution in [3.8, 4) is 0 Å². The van der Waals surface area contributed by atoms with Crippen LogP contribution in [0.5, 0.6) is 0 Å². The van der Waals surface area contributed by atoms with E-state index in [1.54, 1.807) is 12.1 Å². The molecule has 4 heteroatoms. The van der Waals surface area contributed by atoms with Crippen molar-refractivity contribution in [3.63, 3.8) is 0 Å². The number of halogens is 1. The Morgan fingerprint density at radius 2 is 2.00 bits per heavy atom. The molecule has 0 saturated heterocycles. The van der Waals surface area contributed by atoms with Gasteiger partial charge in [0.2, 0.25) is 0 Å². The topological polar surface area (TPSA) is 42.0 Å². The number of nitrogens with zero attached hydrogens (tertiary/aromatic N) is 1. The highest BCUT2D eigenvalue weighted by Gasteiger charge is 2.12. The number of amides is 1. The molecule has 1 heterocycles. The number of nitrogens with one attached hydrogen (secondary N) is 1. The maximum atomic E-state index is 12.4. The Balaban J connectivity index is 2.28. The number of carbonyl (C=O) groups excluding carboxylic acids is 1. The van der Waals surface area contributed by atoms with Crippen LogP contribution >= 0.6 is 11.6 Å². The standard InChI is InChI=1S/C17H19ClN2O/c1-4-12-7-5-6-8-14(12)20-17(21)13-9-15(11(2)3)19-16(18)10-13/h5-11H,4H2,1-3H3,(H,20,21). The van der Waals surface area contributed by atoms with E-state index in [-0.39, 0.29) is 11.8 Å².